The fourth-order valence-electron chi connectivity index (χ4n) is 9.43. The number of hydrogen-bond acceptors (Lipinski definition) is 5. The minimum atomic E-state index is -4.36. The van der Waals surface area contributed by atoms with E-state index in [1.807, 2.05) is 27.2 Å². The third kappa shape index (κ3) is 56.4. The number of amides is 1. The first-order valence-corrected chi connectivity index (χ1v) is 32.9. The molecule has 0 saturated heterocycles. The van der Waals surface area contributed by atoms with Crippen molar-refractivity contribution in [3.8, 4) is 0 Å². The van der Waals surface area contributed by atoms with E-state index >= 15 is 0 Å². The van der Waals surface area contributed by atoms with Gasteiger partial charge in [0, 0.05) is 6.42 Å². The standard InChI is InChI=1S/C63H123N2O6P/c1-6-8-10-12-14-16-18-20-22-24-26-28-30-32-33-35-37-39-41-43-45-47-49-51-53-55-57-63(67)64-61(60-71-72(68,69)70-59-58-65(3,4)5)62(66)56-54-52-50-48-46-44-42-40-38-36-34-31-29-27-25-23-21-19-17-15-13-11-9-7-2/h38,40,46,48,54,56,61-62,66H,6-37,39,41-45,47,49-53,55,57-60H2,1-5H3,(H-,64,67,68,69)/p+1/b40-38+,48-46+,56-54+. The van der Waals surface area contributed by atoms with E-state index < -0.39 is 20.0 Å². The second-order valence-corrected chi connectivity index (χ2v) is 24.2. The molecule has 0 aromatic heterocycles. The number of phosphoric acid groups is 1. The van der Waals surface area contributed by atoms with Crippen molar-refractivity contribution in [2.45, 2.75) is 321 Å². The van der Waals surface area contributed by atoms with Crippen molar-refractivity contribution in [1.29, 1.82) is 0 Å². The number of aliphatic hydroxyl groups is 1. The van der Waals surface area contributed by atoms with E-state index in [0.717, 1.165) is 44.9 Å². The lowest BCUT2D eigenvalue weighted by molar-refractivity contribution is -0.870. The lowest BCUT2D eigenvalue weighted by atomic mass is 10.0. The molecule has 0 bridgehead atoms. The molecule has 0 fully saturated rings. The summed E-state index contributed by atoms with van der Waals surface area (Å²) in [6.07, 6.45) is 71.3. The van der Waals surface area contributed by atoms with Gasteiger partial charge in [0.1, 0.15) is 13.2 Å². The number of hydrogen-bond donors (Lipinski definition) is 3. The van der Waals surface area contributed by atoms with Crippen LogP contribution in [0.15, 0.2) is 36.5 Å². The topological polar surface area (TPSA) is 105 Å². The first-order chi connectivity index (χ1) is 35.0. The predicted octanol–water partition coefficient (Wildman–Crippen LogP) is 19.3. The fraction of sp³-hybridized carbons (Fsp3) is 0.889. The van der Waals surface area contributed by atoms with Crippen molar-refractivity contribution >= 4 is 13.7 Å². The van der Waals surface area contributed by atoms with Gasteiger partial charge in [-0.2, -0.15) is 0 Å². The molecule has 0 radical (unpaired) electrons. The van der Waals surface area contributed by atoms with E-state index in [1.165, 1.54) is 244 Å². The van der Waals surface area contributed by atoms with Gasteiger partial charge < -0.3 is 19.8 Å². The molecule has 3 unspecified atom stereocenters. The molecule has 0 aliphatic carbocycles. The quantitative estimate of drug-likeness (QED) is 0.0243. The molecular weight excluding hydrogens is 912 g/mol. The zero-order valence-corrected chi connectivity index (χ0v) is 49.6. The number of nitrogens with one attached hydrogen (secondary N) is 1. The first kappa shape index (κ1) is 70.7. The molecule has 0 aromatic rings. The average Bonchev–Trinajstić information content (AvgIpc) is 3.34. The normalized spacial score (nSPS) is 14.0. The van der Waals surface area contributed by atoms with Gasteiger partial charge in [0.2, 0.25) is 5.91 Å². The van der Waals surface area contributed by atoms with Gasteiger partial charge in [-0.15, -0.1) is 0 Å². The van der Waals surface area contributed by atoms with Gasteiger partial charge in [0.05, 0.1) is 39.9 Å². The fourth-order valence-corrected chi connectivity index (χ4v) is 10.2. The summed E-state index contributed by atoms with van der Waals surface area (Å²) in [6.45, 7) is 4.84. The Kier molecular flexibility index (Phi) is 53.5. The second-order valence-electron chi connectivity index (χ2n) is 22.8. The number of phosphoric ester groups is 1. The number of quaternary nitrogens is 1. The molecule has 3 N–H and O–H groups in total. The summed E-state index contributed by atoms with van der Waals surface area (Å²) < 4.78 is 23.7. The van der Waals surface area contributed by atoms with Crippen LogP contribution in [0.25, 0.3) is 0 Å². The van der Waals surface area contributed by atoms with E-state index in [1.54, 1.807) is 6.08 Å². The molecule has 0 saturated carbocycles. The van der Waals surface area contributed by atoms with E-state index in [-0.39, 0.29) is 19.1 Å². The third-order valence-electron chi connectivity index (χ3n) is 14.3. The van der Waals surface area contributed by atoms with Crippen LogP contribution < -0.4 is 5.32 Å². The van der Waals surface area contributed by atoms with Crippen LogP contribution in [0, 0.1) is 0 Å². The molecular formula is C63H124N2O6P+. The van der Waals surface area contributed by atoms with E-state index in [0.29, 0.717) is 17.4 Å². The van der Waals surface area contributed by atoms with Gasteiger partial charge in [0.25, 0.3) is 0 Å². The van der Waals surface area contributed by atoms with Gasteiger partial charge in [-0.05, 0) is 44.9 Å². The Morgan fingerprint density at radius 1 is 0.458 bits per heavy atom. The molecule has 0 aliphatic rings. The maximum absolute atomic E-state index is 13.0. The summed E-state index contributed by atoms with van der Waals surface area (Å²) in [4.78, 5) is 23.3. The van der Waals surface area contributed by atoms with E-state index in [4.69, 9.17) is 9.05 Å². The highest BCUT2D eigenvalue weighted by Crippen LogP contribution is 2.43. The summed E-state index contributed by atoms with van der Waals surface area (Å²) in [6, 6.07) is -0.868. The van der Waals surface area contributed by atoms with Crippen LogP contribution in [0.4, 0.5) is 0 Å². The van der Waals surface area contributed by atoms with Crippen LogP contribution in [0.3, 0.4) is 0 Å². The highest BCUT2D eigenvalue weighted by atomic mass is 31.2. The predicted molar refractivity (Wildman–Crippen MR) is 314 cm³/mol. The number of likely N-dealkylation sites (N-methyl/N-ethyl adjacent to an activating group) is 1. The summed E-state index contributed by atoms with van der Waals surface area (Å²) >= 11 is 0. The lowest BCUT2D eigenvalue weighted by Crippen LogP contribution is -2.45. The molecule has 426 valence electrons. The Labute approximate surface area is 448 Å². The SMILES string of the molecule is CCCCCCCCCCCCCCCC/C=C/CC/C=C/CC/C=C/C(O)C(COP(=O)(O)OCC[N+](C)(C)C)NC(=O)CCCCCCCCCCCCCCCCCCCCCCCCCCCC. The Balaban J connectivity index is 4.19. The van der Waals surface area contributed by atoms with Crippen LogP contribution in [0.5, 0.6) is 0 Å². The minimum absolute atomic E-state index is 0.0553. The van der Waals surface area contributed by atoms with Crippen molar-refractivity contribution in [1.82, 2.24) is 5.32 Å². The molecule has 72 heavy (non-hydrogen) atoms. The zero-order chi connectivity index (χ0) is 52.7. The molecule has 0 aliphatic heterocycles. The smallest absolute Gasteiger partial charge is 0.387 e. The van der Waals surface area contributed by atoms with Gasteiger partial charge >= 0.3 is 7.82 Å². The van der Waals surface area contributed by atoms with Gasteiger partial charge in [-0.1, -0.05) is 294 Å². The highest BCUT2D eigenvalue weighted by molar-refractivity contribution is 7.47. The maximum Gasteiger partial charge on any atom is 0.472 e. The van der Waals surface area contributed by atoms with Crippen LogP contribution >= 0.6 is 7.82 Å². The van der Waals surface area contributed by atoms with E-state index in [9.17, 15) is 19.4 Å². The van der Waals surface area contributed by atoms with Crippen LogP contribution in [-0.2, 0) is 18.4 Å². The number of aliphatic hydroxyl groups excluding tert-OH is 1. The molecule has 0 spiro atoms. The number of carbonyl (C=O) groups excluding carboxylic acids is 1. The van der Waals surface area contributed by atoms with Gasteiger partial charge in [-0.25, -0.2) is 4.57 Å². The molecule has 9 heteroatoms. The van der Waals surface area contributed by atoms with Crippen molar-refractivity contribution in [2.75, 3.05) is 40.9 Å². The molecule has 8 nitrogen and oxygen atoms in total. The number of carbonyl (C=O) groups is 1. The Morgan fingerprint density at radius 2 is 0.764 bits per heavy atom. The number of rotatable bonds is 58. The van der Waals surface area contributed by atoms with Gasteiger partial charge in [-0.3, -0.25) is 13.8 Å². The average molecular weight is 1040 g/mol. The van der Waals surface area contributed by atoms with Crippen molar-refractivity contribution < 1.29 is 32.9 Å². The van der Waals surface area contributed by atoms with E-state index in [2.05, 4.69) is 43.5 Å². The van der Waals surface area contributed by atoms with Gasteiger partial charge in [0.15, 0.2) is 0 Å². The van der Waals surface area contributed by atoms with Crippen LogP contribution in [0.2, 0.25) is 0 Å². The lowest BCUT2D eigenvalue weighted by Gasteiger charge is -2.25. The maximum atomic E-state index is 13.0. The molecule has 1 amide bonds. The Bertz CT molecular complexity index is 1270. The number of unbranched alkanes of at least 4 members (excludes halogenated alkanes) is 41. The summed E-state index contributed by atoms with van der Waals surface area (Å²) in [5.41, 5.74) is 0. The molecule has 3 atom stereocenters. The largest absolute Gasteiger partial charge is 0.472 e. The Hall–Kier alpha value is -1.28. The monoisotopic (exact) mass is 1040 g/mol. The number of nitrogens with zero attached hydrogens (tertiary/aromatic N) is 1. The van der Waals surface area contributed by atoms with Crippen molar-refractivity contribution in [3.05, 3.63) is 36.5 Å². The summed E-state index contributed by atoms with van der Waals surface area (Å²) in [7, 11) is 1.56. The third-order valence-corrected chi connectivity index (χ3v) is 15.3. The first-order valence-electron chi connectivity index (χ1n) is 31.4. The zero-order valence-electron chi connectivity index (χ0n) is 48.7. The van der Waals surface area contributed by atoms with Crippen molar-refractivity contribution in [2.24, 2.45) is 0 Å². The van der Waals surface area contributed by atoms with Crippen LogP contribution in [-0.4, -0.2) is 73.4 Å². The summed E-state index contributed by atoms with van der Waals surface area (Å²) in [5.74, 6) is -0.185. The minimum Gasteiger partial charge on any atom is -0.387 e. The molecule has 0 aromatic carbocycles. The van der Waals surface area contributed by atoms with Crippen LogP contribution in [0.1, 0.15) is 309 Å². The highest BCUT2D eigenvalue weighted by Gasteiger charge is 2.27. The summed E-state index contributed by atoms with van der Waals surface area (Å²) in [5, 5.41) is 13.9. The molecule has 0 rings (SSSR count). The molecule has 0 heterocycles. The number of allylic oxidation sites excluding steroid dienone is 5. The second kappa shape index (κ2) is 54.5. The van der Waals surface area contributed by atoms with Crippen molar-refractivity contribution in [3.63, 3.8) is 0 Å². The Morgan fingerprint density at radius 3 is 1.11 bits per heavy atom.